The number of carboxylic acid groups (broad SMARTS) is 1. The van der Waals surface area contributed by atoms with Crippen molar-refractivity contribution in [3.05, 3.63) is 23.2 Å². The zero-order valence-corrected chi connectivity index (χ0v) is 16.6. The predicted octanol–water partition coefficient (Wildman–Crippen LogP) is 2.54. The molecule has 136 valence electrons. The fourth-order valence-electron chi connectivity index (χ4n) is 2.78. The fraction of sp³-hybridized carbons (Fsp3) is 0.471. The maximum Gasteiger partial charge on any atom is 0.494 e. The highest BCUT2D eigenvalue weighted by Crippen LogP contribution is 2.37. The van der Waals surface area contributed by atoms with Crippen molar-refractivity contribution in [3.8, 4) is 0 Å². The van der Waals surface area contributed by atoms with Gasteiger partial charge in [-0.25, -0.2) is 9.78 Å². The van der Waals surface area contributed by atoms with Gasteiger partial charge in [0.25, 0.3) is 0 Å². The first-order chi connectivity index (χ1) is 12.2. The largest absolute Gasteiger partial charge is 0.494 e. The van der Waals surface area contributed by atoms with Gasteiger partial charge in [0.1, 0.15) is 10.1 Å². The van der Waals surface area contributed by atoms with Crippen molar-refractivity contribution in [2.45, 2.75) is 44.9 Å². The van der Waals surface area contributed by atoms with E-state index >= 15 is 0 Å². The molecule has 6 nitrogen and oxygen atoms in total. The summed E-state index contributed by atoms with van der Waals surface area (Å²) < 4.78 is 13.2. The highest BCUT2D eigenvalue weighted by molar-refractivity contribution is 8.15. The third kappa shape index (κ3) is 2.96. The summed E-state index contributed by atoms with van der Waals surface area (Å²) in [5, 5.41) is 10.6. The Morgan fingerprint density at radius 1 is 1.27 bits per heavy atom. The Kier molecular flexibility index (Phi) is 4.18. The van der Waals surface area contributed by atoms with Gasteiger partial charge in [0.15, 0.2) is 6.04 Å². The molecule has 0 spiro atoms. The number of rotatable bonds is 3. The van der Waals surface area contributed by atoms with Gasteiger partial charge in [-0.1, -0.05) is 6.07 Å². The lowest BCUT2D eigenvalue weighted by Crippen LogP contribution is -2.41. The van der Waals surface area contributed by atoms with Crippen molar-refractivity contribution in [1.82, 2.24) is 4.98 Å². The third-order valence-corrected chi connectivity index (χ3v) is 7.27. The number of nitrogens with zero attached hydrogens (tertiary/aromatic N) is 2. The second-order valence-electron chi connectivity index (χ2n) is 7.43. The van der Waals surface area contributed by atoms with Crippen molar-refractivity contribution in [3.63, 3.8) is 0 Å². The zero-order valence-electron chi connectivity index (χ0n) is 15.0. The average Bonchev–Trinajstić information content (AvgIpc) is 3.23. The van der Waals surface area contributed by atoms with Gasteiger partial charge < -0.3 is 14.4 Å². The first-order valence-corrected chi connectivity index (χ1v) is 10.2. The molecule has 2 aromatic rings. The Balaban J connectivity index is 1.63. The molecule has 0 unspecified atom stereocenters. The molecule has 1 atom stereocenters. The van der Waals surface area contributed by atoms with Crippen LogP contribution >= 0.6 is 23.1 Å². The fourth-order valence-corrected chi connectivity index (χ4v) is 4.89. The van der Waals surface area contributed by atoms with Crippen LogP contribution in [0.3, 0.4) is 0 Å². The van der Waals surface area contributed by atoms with Crippen LogP contribution in [0.15, 0.2) is 23.2 Å². The van der Waals surface area contributed by atoms with E-state index in [1.165, 1.54) is 23.1 Å². The molecule has 0 radical (unpaired) electrons. The van der Waals surface area contributed by atoms with E-state index in [4.69, 9.17) is 14.4 Å². The Hall–Kier alpha value is -1.42. The minimum absolute atomic E-state index is 0.382. The molecule has 1 N–H and O–H groups in total. The zero-order chi connectivity index (χ0) is 18.7. The minimum Gasteiger partial charge on any atom is -0.480 e. The summed E-state index contributed by atoms with van der Waals surface area (Å²) in [7, 11) is -0.412. The summed E-state index contributed by atoms with van der Waals surface area (Å²) in [6.07, 6.45) is 0. The molecular formula is C17H19BN2O4S2. The van der Waals surface area contributed by atoms with Gasteiger partial charge in [-0.05, 0) is 45.3 Å². The van der Waals surface area contributed by atoms with Crippen LogP contribution in [0, 0.1) is 0 Å². The molecule has 4 rings (SSSR count). The Labute approximate surface area is 160 Å². The SMILES string of the molecule is CC1(C)OB(c2ccc3nc(C4=N[C@@H](C(=O)O)CS4)sc3c2)OC1(C)C. The first-order valence-electron chi connectivity index (χ1n) is 8.36. The van der Waals surface area contributed by atoms with Crippen LogP contribution in [0.2, 0.25) is 0 Å². The number of aliphatic imine (C=N–C) groups is 1. The van der Waals surface area contributed by atoms with E-state index in [0.717, 1.165) is 20.7 Å². The molecule has 1 aromatic carbocycles. The normalized spacial score (nSPS) is 24.2. The number of hydrogen-bond donors (Lipinski definition) is 1. The molecule has 2 aliphatic heterocycles. The number of hydrogen-bond acceptors (Lipinski definition) is 7. The van der Waals surface area contributed by atoms with Crippen LogP contribution < -0.4 is 5.46 Å². The van der Waals surface area contributed by atoms with Gasteiger partial charge in [-0.3, -0.25) is 4.99 Å². The highest BCUT2D eigenvalue weighted by atomic mass is 32.2. The third-order valence-electron chi connectivity index (χ3n) is 5.06. The summed E-state index contributed by atoms with van der Waals surface area (Å²) in [5.41, 5.74) is 1.06. The second kappa shape index (κ2) is 6.05. The van der Waals surface area contributed by atoms with Gasteiger partial charge in [-0.15, -0.1) is 23.1 Å². The Bertz CT molecular complexity index is 909. The topological polar surface area (TPSA) is 81.0 Å². The average molecular weight is 390 g/mol. The molecule has 9 heteroatoms. The van der Waals surface area contributed by atoms with E-state index in [1.807, 2.05) is 45.9 Å². The molecule has 3 heterocycles. The number of benzene rings is 1. The van der Waals surface area contributed by atoms with Gasteiger partial charge >= 0.3 is 13.1 Å². The molecule has 0 saturated carbocycles. The maximum atomic E-state index is 11.1. The van der Waals surface area contributed by atoms with Crippen LogP contribution in [0.25, 0.3) is 10.2 Å². The smallest absolute Gasteiger partial charge is 0.480 e. The minimum atomic E-state index is -0.892. The van der Waals surface area contributed by atoms with Crippen LogP contribution in [0.4, 0.5) is 0 Å². The molecule has 26 heavy (non-hydrogen) atoms. The molecule has 0 amide bonds. The lowest BCUT2D eigenvalue weighted by atomic mass is 9.79. The lowest BCUT2D eigenvalue weighted by Gasteiger charge is -2.32. The summed E-state index contributed by atoms with van der Waals surface area (Å²) in [5.74, 6) is -0.434. The maximum absolute atomic E-state index is 11.1. The number of aromatic nitrogens is 1. The second-order valence-corrected chi connectivity index (χ2v) is 9.47. The molecule has 0 aliphatic carbocycles. The summed E-state index contributed by atoms with van der Waals surface area (Å²) >= 11 is 2.96. The lowest BCUT2D eigenvalue weighted by molar-refractivity contribution is -0.137. The number of thiazole rings is 1. The monoisotopic (exact) mass is 390 g/mol. The first kappa shape index (κ1) is 18.0. The highest BCUT2D eigenvalue weighted by Gasteiger charge is 2.51. The molecule has 1 fully saturated rings. The molecule has 1 saturated heterocycles. The number of carboxylic acids is 1. The number of fused-ring (bicyclic) bond motifs is 1. The number of aliphatic carboxylic acids is 1. The van der Waals surface area contributed by atoms with Crippen LogP contribution in [0.1, 0.15) is 32.7 Å². The van der Waals surface area contributed by atoms with Crippen LogP contribution in [0.5, 0.6) is 0 Å². The summed E-state index contributed by atoms with van der Waals surface area (Å²) in [4.78, 5) is 20.0. The summed E-state index contributed by atoms with van der Waals surface area (Å²) in [6, 6.07) is 5.28. The van der Waals surface area contributed by atoms with E-state index < -0.39 is 19.1 Å². The molecule has 0 bridgehead atoms. The number of carbonyl (C=O) groups is 1. The van der Waals surface area contributed by atoms with Crippen molar-refractivity contribution in [2.75, 3.05) is 5.75 Å². The van der Waals surface area contributed by atoms with Crippen LogP contribution in [-0.2, 0) is 14.1 Å². The van der Waals surface area contributed by atoms with Gasteiger partial charge in [0.2, 0.25) is 0 Å². The quantitative estimate of drug-likeness (QED) is 0.812. The molecule has 2 aliphatic rings. The van der Waals surface area contributed by atoms with Gasteiger partial charge in [0, 0.05) is 5.75 Å². The van der Waals surface area contributed by atoms with Crippen molar-refractivity contribution < 1.29 is 19.2 Å². The van der Waals surface area contributed by atoms with Crippen molar-refractivity contribution in [1.29, 1.82) is 0 Å². The van der Waals surface area contributed by atoms with Crippen LogP contribution in [-0.4, -0.2) is 51.2 Å². The van der Waals surface area contributed by atoms with E-state index in [1.54, 1.807) is 0 Å². The van der Waals surface area contributed by atoms with E-state index in [2.05, 4.69) is 9.98 Å². The predicted molar refractivity (Wildman–Crippen MR) is 106 cm³/mol. The standard InChI is InChI=1S/C17H19BN2O4S2/c1-16(2)17(3,4)24-18(23-16)9-5-6-10-12(7-9)26-14(19-10)13-20-11(8-25-13)15(21)22/h5-7,11H,8H2,1-4H3,(H,21,22)/t11-/m1/s1. The Morgan fingerprint density at radius 3 is 2.58 bits per heavy atom. The molecular weight excluding hydrogens is 371 g/mol. The van der Waals surface area contributed by atoms with E-state index in [-0.39, 0.29) is 11.2 Å². The van der Waals surface area contributed by atoms with Gasteiger partial charge in [0.05, 0.1) is 21.4 Å². The number of thioether (sulfide) groups is 1. The summed E-state index contributed by atoms with van der Waals surface area (Å²) in [6.45, 7) is 8.13. The molecule has 1 aromatic heterocycles. The Morgan fingerprint density at radius 2 is 1.96 bits per heavy atom. The van der Waals surface area contributed by atoms with E-state index in [9.17, 15) is 4.79 Å². The van der Waals surface area contributed by atoms with E-state index in [0.29, 0.717) is 10.8 Å². The van der Waals surface area contributed by atoms with Gasteiger partial charge in [-0.2, -0.15) is 0 Å². The van der Waals surface area contributed by atoms with Crippen molar-refractivity contribution >= 4 is 56.9 Å². The van der Waals surface area contributed by atoms with Crippen molar-refractivity contribution in [2.24, 2.45) is 4.99 Å².